The van der Waals surface area contributed by atoms with Gasteiger partial charge in [0.1, 0.15) is 12.4 Å². The second kappa shape index (κ2) is 7.81. The number of benzene rings is 2. The number of halogens is 1. The van der Waals surface area contributed by atoms with Crippen LogP contribution in [0.25, 0.3) is 0 Å². The van der Waals surface area contributed by atoms with Crippen molar-refractivity contribution in [3.8, 4) is 5.75 Å². The van der Waals surface area contributed by atoms with Crippen LogP contribution < -0.4 is 15.4 Å². The van der Waals surface area contributed by atoms with E-state index in [0.717, 1.165) is 34.6 Å². The van der Waals surface area contributed by atoms with E-state index >= 15 is 0 Å². The zero-order valence-corrected chi connectivity index (χ0v) is 15.2. The summed E-state index contributed by atoms with van der Waals surface area (Å²) in [5.74, 6) is 1.26. The fraction of sp³-hybridized carbons (Fsp3) is 0.316. The van der Waals surface area contributed by atoms with Gasteiger partial charge in [0.2, 0.25) is 5.91 Å². The number of rotatable bonds is 6. The molecule has 1 aliphatic rings. The van der Waals surface area contributed by atoms with E-state index in [1.807, 2.05) is 55.5 Å². The van der Waals surface area contributed by atoms with E-state index in [4.69, 9.17) is 4.74 Å². The lowest BCUT2D eigenvalue weighted by atomic mass is 9.88. The summed E-state index contributed by atoms with van der Waals surface area (Å²) in [6.45, 7) is 4.33. The Morgan fingerprint density at radius 1 is 1.29 bits per heavy atom. The van der Waals surface area contributed by atoms with Crippen molar-refractivity contribution in [1.82, 2.24) is 5.32 Å². The average molecular weight is 389 g/mol. The van der Waals surface area contributed by atoms with Crippen LogP contribution in [0.5, 0.6) is 5.75 Å². The summed E-state index contributed by atoms with van der Waals surface area (Å²) in [5, 5.41) is 6.18. The highest BCUT2D eigenvalue weighted by molar-refractivity contribution is 9.10. The van der Waals surface area contributed by atoms with Crippen molar-refractivity contribution in [1.29, 1.82) is 0 Å². The van der Waals surface area contributed by atoms with E-state index in [1.165, 1.54) is 0 Å². The van der Waals surface area contributed by atoms with Crippen molar-refractivity contribution in [2.45, 2.75) is 13.5 Å². The molecule has 5 heteroatoms. The van der Waals surface area contributed by atoms with Crippen molar-refractivity contribution >= 4 is 27.5 Å². The van der Waals surface area contributed by atoms with E-state index in [9.17, 15) is 4.79 Å². The summed E-state index contributed by atoms with van der Waals surface area (Å²) in [5.41, 5.74) is 1.89. The molecule has 0 saturated carbocycles. The fourth-order valence-electron chi connectivity index (χ4n) is 2.57. The van der Waals surface area contributed by atoms with Gasteiger partial charge in [-0.15, -0.1) is 0 Å². The van der Waals surface area contributed by atoms with Crippen LogP contribution >= 0.6 is 15.9 Å². The van der Waals surface area contributed by atoms with Crippen LogP contribution in [0.4, 0.5) is 5.69 Å². The third-order valence-electron chi connectivity index (χ3n) is 4.37. The molecule has 1 fully saturated rings. The second-order valence-corrected chi connectivity index (χ2v) is 6.97. The molecule has 1 aliphatic heterocycles. The Hall–Kier alpha value is -1.85. The Balaban J connectivity index is 1.58. The van der Waals surface area contributed by atoms with Gasteiger partial charge in [0, 0.05) is 11.6 Å². The lowest BCUT2D eigenvalue weighted by molar-refractivity contribution is -0.121. The summed E-state index contributed by atoms with van der Waals surface area (Å²) in [7, 11) is 0. The molecular weight excluding hydrogens is 368 g/mol. The Labute approximate surface area is 150 Å². The zero-order valence-electron chi connectivity index (χ0n) is 13.6. The molecule has 2 aromatic carbocycles. The SMILES string of the molecule is CC(C(=O)Nc1ccc(OCc2ccccc2)c(Br)c1)C1CNC1. The summed E-state index contributed by atoms with van der Waals surface area (Å²) in [4.78, 5) is 12.3. The lowest BCUT2D eigenvalue weighted by Crippen LogP contribution is -2.48. The highest BCUT2D eigenvalue weighted by atomic mass is 79.9. The molecule has 3 rings (SSSR count). The molecule has 1 heterocycles. The molecule has 2 N–H and O–H groups in total. The summed E-state index contributed by atoms with van der Waals surface area (Å²) < 4.78 is 6.66. The molecule has 0 bridgehead atoms. The van der Waals surface area contributed by atoms with Crippen LogP contribution in [0.3, 0.4) is 0 Å². The van der Waals surface area contributed by atoms with E-state index in [-0.39, 0.29) is 11.8 Å². The number of nitrogens with one attached hydrogen (secondary N) is 2. The summed E-state index contributed by atoms with van der Waals surface area (Å²) >= 11 is 3.52. The van der Waals surface area contributed by atoms with E-state index in [1.54, 1.807) is 0 Å². The third kappa shape index (κ3) is 4.16. The fourth-order valence-corrected chi connectivity index (χ4v) is 3.06. The van der Waals surface area contributed by atoms with Crippen LogP contribution in [0.1, 0.15) is 12.5 Å². The zero-order chi connectivity index (χ0) is 16.9. The molecule has 1 atom stereocenters. The summed E-state index contributed by atoms with van der Waals surface area (Å²) in [6.07, 6.45) is 0. The number of amides is 1. The van der Waals surface area contributed by atoms with Gasteiger partial charge in [-0.2, -0.15) is 0 Å². The number of hydrogen-bond acceptors (Lipinski definition) is 3. The molecule has 0 spiro atoms. The Kier molecular flexibility index (Phi) is 5.53. The first kappa shape index (κ1) is 17.0. The Bertz CT molecular complexity index is 702. The maximum Gasteiger partial charge on any atom is 0.227 e. The minimum atomic E-state index is 0.0130. The number of carbonyl (C=O) groups excluding carboxylic acids is 1. The predicted octanol–water partition coefficient (Wildman–Crippen LogP) is 3.82. The molecule has 4 nitrogen and oxygen atoms in total. The van der Waals surface area contributed by atoms with Gasteiger partial charge in [0.05, 0.1) is 4.47 Å². The smallest absolute Gasteiger partial charge is 0.227 e. The van der Waals surface area contributed by atoms with Crippen molar-refractivity contribution < 1.29 is 9.53 Å². The second-order valence-electron chi connectivity index (χ2n) is 6.12. The van der Waals surface area contributed by atoms with Crippen LogP contribution in [-0.4, -0.2) is 19.0 Å². The molecule has 24 heavy (non-hydrogen) atoms. The maximum atomic E-state index is 12.3. The molecule has 0 radical (unpaired) electrons. The molecule has 2 aromatic rings. The number of anilines is 1. The molecule has 1 saturated heterocycles. The van der Waals surface area contributed by atoms with Gasteiger partial charge in [0.25, 0.3) is 0 Å². The quantitative estimate of drug-likeness (QED) is 0.790. The van der Waals surface area contributed by atoms with E-state index in [2.05, 4.69) is 26.6 Å². The Morgan fingerprint density at radius 3 is 2.67 bits per heavy atom. The highest BCUT2D eigenvalue weighted by Gasteiger charge is 2.28. The lowest BCUT2D eigenvalue weighted by Gasteiger charge is -2.31. The normalized spacial score (nSPS) is 15.4. The third-order valence-corrected chi connectivity index (χ3v) is 4.99. The first-order chi connectivity index (χ1) is 11.6. The predicted molar refractivity (Wildman–Crippen MR) is 99.1 cm³/mol. The molecule has 0 aromatic heterocycles. The number of hydrogen-bond donors (Lipinski definition) is 2. The molecule has 126 valence electrons. The summed E-state index contributed by atoms with van der Waals surface area (Å²) in [6, 6.07) is 15.6. The van der Waals surface area contributed by atoms with Crippen molar-refractivity contribution in [3.05, 3.63) is 58.6 Å². The number of carbonyl (C=O) groups is 1. The Morgan fingerprint density at radius 2 is 2.04 bits per heavy atom. The minimum Gasteiger partial charge on any atom is -0.488 e. The van der Waals surface area contributed by atoms with Crippen molar-refractivity contribution in [3.63, 3.8) is 0 Å². The van der Waals surface area contributed by atoms with Gasteiger partial charge in [-0.25, -0.2) is 0 Å². The van der Waals surface area contributed by atoms with Gasteiger partial charge < -0.3 is 15.4 Å². The average Bonchev–Trinajstić information content (AvgIpc) is 2.53. The van der Waals surface area contributed by atoms with Crippen LogP contribution in [0.2, 0.25) is 0 Å². The maximum absolute atomic E-state index is 12.3. The van der Waals surface area contributed by atoms with Crippen LogP contribution in [0, 0.1) is 11.8 Å². The highest BCUT2D eigenvalue weighted by Crippen LogP contribution is 2.29. The first-order valence-corrected chi connectivity index (χ1v) is 8.90. The minimum absolute atomic E-state index is 0.0130. The van der Waals surface area contributed by atoms with Gasteiger partial charge in [-0.3, -0.25) is 4.79 Å². The molecule has 0 aliphatic carbocycles. The van der Waals surface area contributed by atoms with Crippen molar-refractivity contribution in [2.24, 2.45) is 11.8 Å². The van der Waals surface area contributed by atoms with Gasteiger partial charge in [-0.05, 0) is 58.7 Å². The first-order valence-electron chi connectivity index (χ1n) is 8.11. The van der Waals surface area contributed by atoms with Crippen LogP contribution in [-0.2, 0) is 11.4 Å². The molecule has 1 amide bonds. The standard InChI is InChI=1S/C19H21BrN2O2/c1-13(15-10-21-11-15)19(23)22-16-7-8-18(17(20)9-16)24-12-14-5-3-2-4-6-14/h2-9,13,15,21H,10-12H2,1H3,(H,22,23). The van der Waals surface area contributed by atoms with E-state index in [0.29, 0.717) is 12.5 Å². The molecular formula is C19H21BrN2O2. The van der Waals surface area contributed by atoms with Crippen LogP contribution in [0.15, 0.2) is 53.0 Å². The van der Waals surface area contributed by atoms with E-state index < -0.39 is 0 Å². The van der Waals surface area contributed by atoms with Gasteiger partial charge in [0.15, 0.2) is 0 Å². The van der Waals surface area contributed by atoms with Gasteiger partial charge in [-0.1, -0.05) is 37.3 Å². The monoisotopic (exact) mass is 388 g/mol. The molecule has 1 unspecified atom stereocenters. The largest absolute Gasteiger partial charge is 0.488 e. The topological polar surface area (TPSA) is 50.4 Å². The van der Waals surface area contributed by atoms with Crippen molar-refractivity contribution in [2.75, 3.05) is 18.4 Å². The van der Waals surface area contributed by atoms with Gasteiger partial charge >= 0.3 is 0 Å². The number of ether oxygens (including phenoxy) is 1.